The summed E-state index contributed by atoms with van der Waals surface area (Å²) in [5.41, 5.74) is 0.817. The van der Waals surface area contributed by atoms with Crippen LogP contribution in [0.25, 0.3) is 11.4 Å². The van der Waals surface area contributed by atoms with Gasteiger partial charge in [0.05, 0.1) is 5.92 Å². The molecule has 0 bridgehead atoms. The molecule has 0 unspecified atom stereocenters. The minimum Gasteiger partial charge on any atom is -0.339 e. The highest BCUT2D eigenvalue weighted by atomic mass is 35.5. The Balaban J connectivity index is 1.66. The Morgan fingerprint density at radius 1 is 1.52 bits per heavy atom. The number of nitrogens with zero attached hydrogens (tertiary/aromatic N) is 3. The third-order valence-electron chi connectivity index (χ3n) is 3.37. The molecule has 1 saturated heterocycles. The molecular formula is C14H15ClN4O2. The van der Waals surface area contributed by atoms with E-state index in [1.165, 1.54) is 0 Å². The van der Waals surface area contributed by atoms with Crippen LogP contribution in [0.2, 0.25) is 5.02 Å². The average Bonchev–Trinajstić information content (AvgIpc) is 2.87. The Labute approximate surface area is 127 Å². The van der Waals surface area contributed by atoms with Crippen molar-refractivity contribution >= 4 is 17.6 Å². The van der Waals surface area contributed by atoms with Crippen molar-refractivity contribution in [3.8, 4) is 11.4 Å². The van der Waals surface area contributed by atoms with Crippen LogP contribution in [-0.2, 0) is 0 Å². The summed E-state index contributed by atoms with van der Waals surface area (Å²) in [5.74, 6) is 1.18. The number of hydrogen-bond donors (Lipinski definition) is 1. The lowest BCUT2D eigenvalue weighted by atomic mass is 10.0. The maximum absolute atomic E-state index is 11.6. The maximum atomic E-state index is 11.6. The van der Waals surface area contributed by atoms with E-state index in [-0.39, 0.29) is 11.9 Å². The second-order valence-electron chi connectivity index (χ2n) is 4.90. The molecule has 1 aromatic heterocycles. The van der Waals surface area contributed by atoms with E-state index in [9.17, 15) is 4.79 Å². The molecule has 6 nitrogen and oxygen atoms in total. The highest BCUT2D eigenvalue weighted by Crippen LogP contribution is 2.28. The molecule has 3 rings (SSSR count). The van der Waals surface area contributed by atoms with Gasteiger partial charge in [-0.3, -0.25) is 0 Å². The van der Waals surface area contributed by atoms with Gasteiger partial charge in [0.1, 0.15) is 0 Å². The largest absolute Gasteiger partial charge is 0.339 e. The lowest BCUT2D eigenvalue weighted by molar-refractivity contribution is 0.137. The van der Waals surface area contributed by atoms with Crippen LogP contribution in [0, 0.1) is 0 Å². The molecule has 2 heterocycles. The number of likely N-dealkylation sites (tertiary alicyclic amines) is 1. The first-order valence-corrected chi connectivity index (χ1v) is 7.17. The molecule has 1 aliphatic rings. The summed E-state index contributed by atoms with van der Waals surface area (Å²) >= 11 is 5.95. The molecular weight excluding hydrogens is 292 g/mol. The van der Waals surface area contributed by atoms with Crippen molar-refractivity contribution in [2.75, 3.05) is 19.6 Å². The summed E-state index contributed by atoms with van der Waals surface area (Å²) in [5, 5.41) is 7.36. The fourth-order valence-corrected chi connectivity index (χ4v) is 2.40. The van der Waals surface area contributed by atoms with Crippen LogP contribution in [0.15, 0.2) is 28.8 Å². The summed E-state index contributed by atoms with van der Waals surface area (Å²) < 4.78 is 5.29. The number of hydrogen-bond acceptors (Lipinski definition) is 4. The lowest BCUT2D eigenvalue weighted by Gasteiger charge is -2.36. The normalized spacial score (nSPS) is 14.9. The van der Waals surface area contributed by atoms with E-state index < -0.39 is 0 Å². The van der Waals surface area contributed by atoms with E-state index >= 15 is 0 Å². The number of rotatable bonds is 3. The maximum Gasteiger partial charge on any atom is 0.317 e. The van der Waals surface area contributed by atoms with Gasteiger partial charge in [-0.05, 0) is 19.1 Å². The van der Waals surface area contributed by atoms with Crippen molar-refractivity contribution in [1.29, 1.82) is 0 Å². The molecule has 1 N–H and O–H groups in total. The number of aromatic nitrogens is 2. The van der Waals surface area contributed by atoms with Gasteiger partial charge in [0, 0.05) is 30.2 Å². The molecule has 2 aromatic rings. The molecule has 110 valence electrons. The second-order valence-corrected chi connectivity index (χ2v) is 5.34. The van der Waals surface area contributed by atoms with E-state index in [1.807, 2.05) is 19.1 Å². The summed E-state index contributed by atoms with van der Waals surface area (Å²) in [6.07, 6.45) is 0. The van der Waals surface area contributed by atoms with Gasteiger partial charge in [-0.15, -0.1) is 0 Å². The molecule has 1 aromatic carbocycles. The monoisotopic (exact) mass is 306 g/mol. The smallest absolute Gasteiger partial charge is 0.317 e. The first kappa shape index (κ1) is 13.9. The topological polar surface area (TPSA) is 71.3 Å². The zero-order chi connectivity index (χ0) is 14.8. The van der Waals surface area contributed by atoms with Crippen LogP contribution >= 0.6 is 11.6 Å². The zero-order valence-electron chi connectivity index (χ0n) is 11.5. The van der Waals surface area contributed by atoms with Crippen LogP contribution in [0.4, 0.5) is 4.79 Å². The van der Waals surface area contributed by atoms with Gasteiger partial charge in [-0.2, -0.15) is 4.98 Å². The number of nitrogens with one attached hydrogen (secondary N) is 1. The summed E-state index contributed by atoms with van der Waals surface area (Å²) in [6, 6.07) is 7.25. The second kappa shape index (κ2) is 5.73. The molecule has 1 aliphatic heterocycles. The van der Waals surface area contributed by atoms with Crippen molar-refractivity contribution in [3.63, 3.8) is 0 Å². The standard InChI is InChI=1S/C14H15ClN4O2/c1-2-16-14(20)19-7-10(8-19)13-17-12(18-21-13)9-4-3-5-11(15)6-9/h3-6,10H,2,7-8H2,1H3,(H,16,20). The predicted molar refractivity (Wildman–Crippen MR) is 78.1 cm³/mol. The molecule has 0 radical (unpaired) electrons. The zero-order valence-corrected chi connectivity index (χ0v) is 12.3. The highest BCUT2D eigenvalue weighted by Gasteiger charge is 2.35. The SMILES string of the molecule is CCNC(=O)N1CC(c2nc(-c3cccc(Cl)c3)no2)C1. The van der Waals surface area contributed by atoms with Crippen LogP contribution in [-0.4, -0.2) is 40.7 Å². The minimum atomic E-state index is -0.0525. The Kier molecular flexibility index (Phi) is 3.79. The molecule has 0 spiro atoms. The summed E-state index contributed by atoms with van der Waals surface area (Å²) in [4.78, 5) is 17.7. The fourth-order valence-electron chi connectivity index (χ4n) is 2.21. The molecule has 1 fully saturated rings. The van der Waals surface area contributed by atoms with E-state index in [2.05, 4.69) is 15.5 Å². The van der Waals surface area contributed by atoms with Gasteiger partial charge < -0.3 is 14.7 Å². The van der Waals surface area contributed by atoms with Crippen molar-refractivity contribution in [3.05, 3.63) is 35.2 Å². The molecule has 0 aliphatic carbocycles. The molecule has 7 heteroatoms. The third-order valence-corrected chi connectivity index (χ3v) is 3.61. The Morgan fingerprint density at radius 3 is 3.05 bits per heavy atom. The molecule has 0 atom stereocenters. The van der Waals surface area contributed by atoms with Gasteiger partial charge in [-0.25, -0.2) is 4.79 Å². The van der Waals surface area contributed by atoms with Gasteiger partial charge in [0.25, 0.3) is 0 Å². The van der Waals surface area contributed by atoms with Crippen LogP contribution < -0.4 is 5.32 Å². The van der Waals surface area contributed by atoms with Crippen LogP contribution in [0.1, 0.15) is 18.7 Å². The Hall–Kier alpha value is -2.08. The Morgan fingerprint density at radius 2 is 2.33 bits per heavy atom. The van der Waals surface area contributed by atoms with Crippen LogP contribution in [0.5, 0.6) is 0 Å². The minimum absolute atomic E-state index is 0.0525. The first-order valence-electron chi connectivity index (χ1n) is 6.79. The van der Waals surface area contributed by atoms with Gasteiger partial charge in [0.2, 0.25) is 11.7 Å². The van der Waals surface area contributed by atoms with Crippen LogP contribution in [0.3, 0.4) is 0 Å². The van der Waals surface area contributed by atoms with Gasteiger partial charge in [0.15, 0.2) is 0 Å². The van der Waals surface area contributed by atoms with Gasteiger partial charge in [-0.1, -0.05) is 28.9 Å². The molecule has 2 amide bonds. The van der Waals surface area contributed by atoms with Crippen molar-refractivity contribution in [1.82, 2.24) is 20.4 Å². The number of urea groups is 1. The molecule has 0 saturated carbocycles. The van der Waals surface area contributed by atoms with Gasteiger partial charge >= 0.3 is 6.03 Å². The van der Waals surface area contributed by atoms with E-state index in [0.29, 0.717) is 36.4 Å². The number of benzene rings is 1. The third kappa shape index (κ3) is 2.85. The number of halogens is 1. The summed E-state index contributed by atoms with van der Waals surface area (Å²) in [6.45, 7) is 3.72. The van der Waals surface area contributed by atoms with Crippen molar-refractivity contribution in [2.45, 2.75) is 12.8 Å². The van der Waals surface area contributed by atoms with E-state index in [4.69, 9.17) is 16.1 Å². The number of carbonyl (C=O) groups is 1. The fraction of sp³-hybridized carbons (Fsp3) is 0.357. The van der Waals surface area contributed by atoms with Crippen molar-refractivity contribution < 1.29 is 9.32 Å². The van der Waals surface area contributed by atoms with E-state index in [0.717, 1.165) is 5.56 Å². The molecule has 21 heavy (non-hydrogen) atoms. The average molecular weight is 307 g/mol. The van der Waals surface area contributed by atoms with Crippen molar-refractivity contribution in [2.24, 2.45) is 0 Å². The summed E-state index contributed by atoms with van der Waals surface area (Å²) in [7, 11) is 0. The number of amides is 2. The highest BCUT2D eigenvalue weighted by molar-refractivity contribution is 6.30. The number of carbonyl (C=O) groups excluding carboxylic acids is 1. The first-order chi connectivity index (χ1) is 10.2. The quantitative estimate of drug-likeness (QED) is 0.946. The predicted octanol–water partition coefficient (Wildman–Crippen LogP) is 2.52. The Bertz CT molecular complexity index is 652. The lowest BCUT2D eigenvalue weighted by Crippen LogP contribution is -2.52. The van der Waals surface area contributed by atoms with E-state index in [1.54, 1.807) is 17.0 Å².